The van der Waals surface area contributed by atoms with Gasteiger partial charge in [0.2, 0.25) is 0 Å². The van der Waals surface area contributed by atoms with Crippen LogP contribution in [0.25, 0.3) is 5.57 Å². The Morgan fingerprint density at radius 3 is 2.53 bits per heavy atom. The van der Waals surface area contributed by atoms with Gasteiger partial charge in [0.25, 0.3) is 0 Å². The van der Waals surface area contributed by atoms with Gasteiger partial charge in [-0.25, -0.2) is 0 Å². The summed E-state index contributed by atoms with van der Waals surface area (Å²) >= 11 is 0. The van der Waals surface area contributed by atoms with E-state index in [0.29, 0.717) is 0 Å². The molecule has 2 heteroatoms. The molecule has 19 heavy (non-hydrogen) atoms. The Balaban J connectivity index is 2.46. The Morgan fingerprint density at radius 2 is 2.00 bits per heavy atom. The lowest BCUT2D eigenvalue weighted by Crippen LogP contribution is -2.12. The third-order valence-electron chi connectivity index (χ3n) is 3.60. The van der Waals surface area contributed by atoms with Crippen molar-refractivity contribution in [3.8, 4) is 0 Å². The number of carbonyl (C=O) groups is 1. The SMILES string of the molecule is CCC1=CC(OC(C)=O)c2cc(C(C)(C)C)ccc21. The molecule has 0 fully saturated rings. The molecule has 0 aliphatic heterocycles. The second kappa shape index (κ2) is 4.84. The predicted molar refractivity (Wildman–Crippen MR) is 77.9 cm³/mol. The first-order chi connectivity index (χ1) is 8.82. The van der Waals surface area contributed by atoms with Gasteiger partial charge in [0, 0.05) is 12.5 Å². The average Bonchev–Trinajstić information content (AvgIpc) is 2.65. The average molecular weight is 258 g/mol. The largest absolute Gasteiger partial charge is 0.453 e. The molecule has 0 radical (unpaired) electrons. The molecule has 1 aromatic carbocycles. The number of allylic oxidation sites excluding steroid dienone is 1. The summed E-state index contributed by atoms with van der Waals surface area (Å²) in [5, 5.41) is 0. The standard InChI is InChI=1S/C17H22O2/c1-6-12-9-16(19-11(2)18)15-10-13(17(3,4)5)7-8-14(12)15/h7-10,16H,6H2,1-5H3. The van der Waals surface area contributed by atoms with Gasteiger partial charge < -0.3 is 4.74 Å². The van der Waals surface area contributed by atoms with Crippen LogP contribution in [0.15, 0.2) is 24.3 Å². The number of hydrogen-bond acceptors (Lipinski definition) is 2. The molecule has 1 aromatic rings. The van der Waals surface area contributed by atoms with Crippen LogP contribution in [0.4, 0.5) is 0 Å². The number of esters is 1. The highest BCUT2D eigenvalue weighted by molar-refractivity contribution is 5.76. The van der Waals surface area contributed by atoms with Crippen LogP contribution in [0.2, 0.25) is 0 Å². The van der Waals surface area contributed by atoms with Crippen LogP contribution in [-0.4, -0.2) is 5.97 Å². The van der Waals surface area contributed by atoms with Gasteiger partial charge in [-0.1, -0.05) is 45.9 Å². The Hall–Kier alpha value is -1.57. The van der Waals surface area contributed by atoms with Gasteiger partial charge in [-0.2, -0.15) is 0 Å². The number of rotatable bonds is 2. The van der Waals surface area contributed by atoms with E-state index in [1.807, 2.05) is 0 Å². The normalized spacial score (nSPS) is 17.9. The Labute approximate surface area is 115 Å². The summed E-state index contributed by atoms with van der Waals surface area (Å²) in [5.41, 5.74) is 4.99. The summed E-state index contributed by atoms with van der Waals surface area (Å²) in [5.74, 6) is -0.231. The summed E-state index contributed by atoms with van der Waals surface area (Å²) in [6.07, 6.45) is 2.81. The maximum atomic E-state index is 11.2. The summed E-state index contributed by atoms with van der Waals surface area (Å²) in [6.45, 7) is 10.2. The molecule has 0 N–H and O–H groups in total. The zero-order valence-corrected chi connectivity index (χ0v) is 12.4. The van der Waals surface area contributed by atoms with Gasteiger partial charge in [0.1, 0.15) is 6.10 Å². The number of fused-ring (bicyclic) bond motifs is 1. The molecular formula is C17H22O2. The highest BCUT2D eigenvalue weighted by atomic mass is 16.5. The molecule has 0 saturated carbocycles. The van der Waals surface area contributed by atoms with Crippen molar-refractivity contribution < 1.29 is 9.53 Å². The molecule has 0 heterocycles. The third kappa shape index (κ3) is 2.73. The lowest BCUT2D eigenvalue weighted by Gasteiger charge is -2.21. The summed E-state index contributed by atoms with van der Waals surface area (Å²) in [6, 6.07) is 6.52. The van der Waals surface area contributed by atoms with Gasteiger partial charge >= 0.3 is 5.97 Å². The zero-order chi connectivity index (χ0) is 14.2. The number of hydrogen-bond donors (Lipinski definition) is 0. The van der Waals surface area contributed by atoms with Crippen molar-refractivity contribution >= 4 is 11.5 Å². The molecular weight excluding hydrogens is 236 g/mol. The zero-order valence-electron chi connectivity index (χ0n) is 12.4. The smallest absolute Gasteiger partial charge is 0.303 e. The molecule has 0 bridgehead atoms. The molecule has 0 spiro atoms. The van der Waals surface area contributed by atoms with E-state index < -0.39 is 0 Å². The number of benzene rings is 1. The minimum absolute atomic E-state index is 0.102. The van der Waals surface area contributed by atoms with Gasteiger partial charge in [-0.3, -0.25) is 4.79 Å². The van der Waals surface area contributed by atoms with Crippen LogP contribution in [0.1, 0.15) is 63.8 Å². The molecule has 1 aliphatic rings. The van der Waals surface area contributed by atoms with Gasteiger partial charge in [-0.15, -0.1) is 0 Å². The highest BCUT2D eigenvalue weighted by Crippen LogP contribution is 2.40. The fraction of sp³-hybridized carbons (Fsp3) is 0.471. The minimum Gasteiger partial charge on any atom is -0.453 e. The van der Waals surface area contributed by atoms with E-state index in [-0.39, 0.29) is 17.5 Å². The van der Waals surface area contributed by atoms with E-state index in [9.17, 15) is 4.79 Å². The monoisotopic (exact) mass is 258 g/mol. The summed E-state index contributed by atoms with van der Waals surface area (Å²) < 4.78 is 5.42. The van der Waals surface area contributed by atoms with Crippen molar-refractivity contribution in [1.29, 1.82) is 0 Å². The molecule has 0 amide bonds. The molecule has 0 saturated heterocycles. The Morgan fingerprint density at radius 1 is 1.32 bits per heavy atom. The maximum absolute atomic E-state index is 11.2. The topological polar surface area (TPSA) is 26.3 Å². The van der Waals surface area contributed by atoms with E-state index >= 15 is 0 Å². The van der Waals surface area contributed by atoms with Crippen LogP contribution in [0.5, 0.6) is 0 Å². The van der Waals surface area contributed by atoms with E-state index in [1.165, 1.54) is 23.6 Å². The first-order valence-electron chi connectivity index (χ1n) is 6.85. The minimum atomic E-state index is -0.231. The third-order valence-corrected chi connectivity index (χ3v) is 3.60. The van der Waals surface area contributed by atoms with Gasteiger partial charge in [-0.05, 0) is 34.6 Å². The molecule has 102 valence electrons. The van der Waals surface area contributed by atoms with Crippen LogP contribution >= 0.6 is 0 Å². The fourth-order valence-corrected chi connectivity index (χ4v) is 2.50. The first-order valence-corrected chi connectivity index (χ1v) is 6.85. The van der Waals surface area contributed by atoms with Gasteiger partial charge in [0.05, 0.1) is 0 Å². The second-order valence-corrected chi connectivity index (χ2v) is 6.13. The number of ether oxygens (including phenoxy) is 1. The van der Waals surface area contributed by atoms with Crippen molar-refractivity contribution in [1.82, 2.24) is 0 Å². The molecule has 2 nitrogen and oxygen atoms in total. The van der Waals surface area contributed by atoms with Crippen molar-refractivity contribution in [2.75, 3.05) is 0 Å². The fourth-order valence-electron chi connectivity index (χ4n) is 2.50. The van der Waals surface area contributed by atoms with E-state index in [4.69, 9.17) is 4.74 Å². The predicted octanol–water partition coefficient (Wildman–Crippen LogP) is 4.40. The maximum Gasteiger partial charge on any atom is 0.303 e. The summed E-state index contributed by atoms with van der Waals surface area (Å²) in [7, 11) is 0. The Bertz CT molecular complexity index is 533. The second-order valence-electron chi connectivity index (χ2n) is 6.13. The van der Waals surface area contributed by atoms with E-state index in [2.05, 4.69) is 52.0 Å². The lowest BCUT2D eigenvalue weighted by atomic mass is 9.85. The van der Waals surface area contributed by atoms with Crippen molar-refractivity contribution in [3.63, 3.8) is 0 Å². The van der Waals surface area contributed by atoms with Gasteiger partial charge in [0.15, 0.2) is 0 Å². The Kier molecular flexibility index (Phi) is 3.53. The van der Waals surface area contributed by atoms with Crippen LogP contribution in [-0.2, 0) is 14.9 Å². The number of carbonyl (C=O) groups excluding carboxylic acids is 1. The molecule has 2 rings (SSSR count). The van der Waals surface area contributed by atoms with Crippen molar-refractivity contribution in [2.45, 2.75) is 52.6 Å². The summed E-state index contributed by atoms with van der Waals surface area (Å²) in [4.78, 5) is 11.2. The van der Waals surface area contributed by atoms with E-state index in [1.54, 1.807) is 0 Å². The van der Waals surface area contributed by atoms with Crippen LogP contribution in [0.3, 0.4) is 0 Å². The molecule has 1 unspecified atom stereocenters. The highest BCUT2D eigenvalue weighted by Gasteiger charge is 2.26. The van der Waals surface area contributed by atoms with Crippen LogP contribution in [0, 0.1) is 0 Å². The van der Waals surface area contributed by atoms with E-state index in [0.717, 1.165) is 12.0 Å². The van der Waals surface area contributed by atoms with Crippen molar-refractivity contribution in [2.24, 2.45) is 0 Å². The quantitative estimate of drug-likeness (QED) is 0.735. The molecule has 1 aliphatic carbocycles. The molecule has 1 atom stereocenters. The lowest BCUT2D eigenvalue weighted by molar-refractivity contribution is -0.144. The molecule has 0 aromatic heterocycles. The van der Waals surface area contributed by atoms with Crippen molar-refractivity contribution in [3.05, 3.63) is 41.0 Å². The van der Waals surface area contributed by atoms with Crippen LogP contribution < -0.4 is 0 Å². The first kappa shape index (κ1) is 13.9.